The van der Waals surface area contributed by atoms with Crippen LogP contribution in [0.15, 0.2) is 60.7 Å². The molecule has 5 aromatic carbocycles. The minimum atomic E-state index is -0.499. The molecule has 0 radical (unpaired) electrons. The standard InChI is InChI=1S/C26H16Cl2O6/c27-23-17(31)9-15(29)21(25(23)33)19-11-5-1-2-6-12(11)20(14-8-4-3-7-13(14)19)22-16(30)10-18(32)24(28)26(22)34/h1-10,29-34H. The van der Waals surface area contributed by atoms with Crippen molar-refractivity contribution < 1.29 is 30.6 Å². The maximum atomic E-state index is 10.8. The third kappa shape index (κ3) is 3.04. The summed E-state index contributed by atoms with van der Waals surface area (Å²) in [5.41, 5.74) is 0.879. The van der Waals surface area contributed by atoms with Crippen LogP contribution in [-0.2, 0) is 0 Å². The lowest BCUT2D eigenvalue weighted by molar-refractivity contribution is 0.429. The highest BCUT2D eigenvalue weighted by Crippen LogP contribution is 2.55. The van der Waals surface area contributed by atoms with Crippen molar-refractivity contribution in [3.05, 3.63) is 70.7 Å². The van der Waals surface area contributed by atoms with Gasteiger partial charge in [-0.05, 0) is 21.5 Å². The van der Waals surface area contributed by atoms with E-state index in [0.29, 0.717) is 32.7 Å². The zero-order valence-corrected chi connectivity index (χ0v) is 18.7. The van der Waals surface area contributed by atoms with E-state index in [1.165, 1.54) is 0 Å². The maximum Gasteiger partial charge on any atom is 0.149 e. The number of rotatable bonds is 2. The molecule has 0 atom stereocenters. The predicted octanol–water partition coefficient (Wildman–Crippen LogP) is 6.87. The molecule has 0 aromatic heterocycles. The van der Waals surface area contributed by atoms with Crippen LogP contribution in [0.2, 0.25) is 10.0 Å². The highest BCUT2D eigenvalue weighted by molar-refractivity contribution is 6.35. The molecule has 6 N–H and O–H groups in total. The van der Waals surface area contributed by atoms with Crippen LogP contribution in [0.25, 0.3) is 43.8 Å². The zero-order chi connectivity index (χ0) is 24.3. The van der Waals surface area contributed by atoms with Crippen LogP contribution in [-0.4, -0.2) is 30.6 Å². The van der Waals surface area contributed by atoms with Gasteiger partial charge in [-0.2, -0.15) is 0 Å². The summed E-state index contributed by atoms with van der Waals surface area (Å²) in [5, 5.41) is 64.4. The van der Waals surface area contributed by atoms with Gasteiger partial charge in [0, 0.05) is 23.3 Å². The van der Waals surface area contributed by atoms with Crippen molar-refractivity contribution in [2.45, 2.75) is 0 Å². The first-order valence-corrected chi connectivity index (χ1v) is 10.8. The molecule has 170 valence electrons. The van der Waals surface area contributed by atoms with E-state index in [1.54, 1.807) is 48.5 Å². The summed E-state index contributed by atoms with van der Waals surface area (Å²) in [7, 11) is 0. The SMILES string of the molecule is Oc1cc(O)c(-c2c3ccccc3c(-c3c(O)cc(O)c(Cl)c3O)c3ccccc23)c(O)c1Cl. The van der Waals surface area contributed by atoms with Gasteiger partial charge in [-0.15, -0.1) is 0 Å². The normalized spacial score (nSPS) is 11.4. The molecule has 34 heavy (non-hydrogen) atoms. The predicted molar refractivity (Wildman–Crippen MR) is 132 cm³/mol. The Morgan fingerprint density at radius 2 is 0.706 bits per heavy atom. The van der Waals surface area contributed by atoms with E-state index in [4.69, 9.17) is 23.2 Å². The molecule has 0 aliphatic rings. The summed E-state index contributed by atoms with van der Waals surface area (Å²) >= 11 is 12.2. The molecule has 0 saturated carbocycles. The van der Waals surface area contributed by atoms with Crippen LogP contribution in [0.5, 0.6) is 34.5 Å². The van der Waals surface area contributed by atoms with E-state index in [0.717, 1.165) is 12.1 Å². The van der Waals surface area contributed by atoms with Crippen molar-refractivity contribution in [3.8, 4) is 56.8 Å². The molecular formula is C26H16Cl2O6. The Balaban J connectivity index is 2.05. The van der Waals surface area contributed by atoms with Crippen LogP contribution in [0.4, 0.5) is 0 Å². The van der Waals surface area contributed by atoms with E-state index < -0.39 is 23.0 Å². The topological polar surface area (TPSA) is 121 Å². The third-order valence-corrected chi connectivity index (χ3v) is 6.58. The van der Waals surface area contributed by atoms with Crippen molar-refractivity contribution in [2.75, 3.05) is 0 Å². The van der Waals surface area contributed by atoms with E-state index >= 15 is 0 Å². The average Bonchev–Trinajstić information content (AvgIpc) is 2.82. The Morgan fingerprint density at radius 1 is 0.412 bits per heavy atom. The Morgan fingerprint density at radius 3 is 1.00 bits per heavy atom. The molecule has 0 aliphatic carbocycles. The summed E-state index contributed by atoms with van der Waals surface area (Å²) in [6, 6.07) is 16.1. The van der Waals surface area contributed by atoms with E-state index in [1.807, 2.05) is 0 Å². The number of aromatic hydroxyl groups is 6. The van der Waals surface area contributed by atoms with Crippen LogP contribution in [0.3, 0.4) is 0 Å². The largest absolute Gasteiger partial charge is 0.507 e. The lowest BCUT2D eigenvalue weighted by Gasteiger charge is -2.20. The number of hydrogen-bond acceptors (Lipinski definition) is 6. The van der Waals surface area contributed by atoms with Gasteiger partial charge in [0.1, 0.15) is 44.5 Å². The lowest BCUT2D eigenvalue weighted by Crippen LogP contribution is -1.93. The fourth-order valence-corrected chi connectivity index (χ4v) is 4.69. The molecule has 5 aromatic rings. The number of hydrogen-bond donors (Lipinski definition) is 6. The van der Waals surface area contributed by atoms with Crippen molar-refractivity contribution in [1.29, 1.82) is 0 Å². The molecule has 0 aliphatic heterocycles. The number of halogens is 2. The molecule has 0 saturated heterocycles. The monoisotopic (exact) mass is 494 g/mol. The van der Waals surface area contributed by atoms with Crippen molar-refractivity contribution >= 4 is 44.7 Å². The highest BCUT2D eigenvalue weighted by Gasteiger charge is 2.26. The van der Waals surface area contributed by atoms with Gasteiger partial charge in [0.05, 0.1) is 11.1 Å². The van der Waals surface area contributed by atoms with Crippen LogP contribution in [0, 0.1) is 0 Å². The van der Waals surface area contributed by atoms with Crippen molar-refractivity contribution in [1.82, 2.24) is 0 Å². The van der Waals surface area contributed by atoms with Crippen LogP contribution >= 0.6 is 23.2 Å². The highest BCUT2D eigenvalue weighted by atomic mass is 35.5. The summed E-state index contributed by atoms with van der Waals surface area (Å²) in [6.07, 6.45) is 0. The van der Waals surface area contributed by atoms with Gasteiger partial charge in [-0.3, -0.25) is 0 Å². The van der Waals surface area contributed by atoms with E-state index in [-0.39, 0.29) is 32.7 Å². The number of benzene rings is 5. The Labute approximate surface area is 202 Å². The minimum absolute atomic E-state index is 0.0129. The molecule has 8 heteroatoms. The summed E-state index contributed by atoms with van der Waals surface area (Å²) in [5.74, 6) is -2.72. The first kappa shape index (κ1) is 21.8. The van der Waals surface area contributed by atoms with Gasteiger partial charge in [0.15, 0.2) is 0 Å². The molecule has 0 fully saturated rings. The Kier molecular flexibility index (Phi) is 5.01. The molecule has 0 spiro atoms. The Hall–Kier alpha value is -4.00. The molecule has 0 heterocycles. The minimum Gasteiger partial charge on any atom is -0.507 e. The summed E-state index contributed by atoms with van der Waals surface area (Å²) in [4.78, 5) is 0. The molecule has 5 rings (SSSR count). The molecule has 0 bridgehead atoms. The zero-order valence-electron chi connectivity index (χ0n) is 17.2. The average molecular weight is 495 g/mol. The van der Waals surface area contributed by atoms with Gasteiger partial charge < -0.3 is 30.6 Å². The van der Waals surface area contributed by atoms with Gasteiger partial charge in [-0.25, -0.2) is 0 Å². The molecule has 6 nitrogen and oxygen atoms in total. The first-order chi connectivity index (χ1) is 16.2. The first-order valence-electron chi connectivity index (χ1n) is 10.0. The number of fused-ring (bicyclic) bond motifs is 2. The fourth-order valence-electron chi connectivity index (χ4n) is 4.39. The van der Waals surface area contributed by atoms with Gasteiger partial charge in [0.25, 0.3) is 0 Å². The Bertz CT molecular complexity index is 1470. The lowest BCUT2D eigenvalue weighted by atomic mass is 9.85. The summed E-state index contributed by atoms with van der Waals surface area (Å²) < 4.78 is 0. The van der Waals surface area contributed by atoms with Crippen molar-refractivity contribution in [3.63, 3.8) is 0 Å². The van der Waals surface area contributed by atoms with E-state index in [9.17, 15) is 30.6 Å². The van der Waals surface area contributed by atoms with Crippen LogP contribution in [0.1, 0.15) is 0 Å². The quantitative estimate of drug-likeness (QED) is 0.149. The second-order valence-electron chi connectivity index (χ2n) is 7.75. The van der Waals surface area contributed by atoms with Gasteiger partial charge in [0.2, 0.25) is 0 Å². The number of phenols is 6. The molecule has 0 unspecified atom stereocenters. The van der Waals surface area contributed by atoms with Gasteiger partial charge >= 0.3 is 0 Å². The van der Waals surface area contributed by atoms with Gasteiger partial charge in [-0.1, -0.05) is 71.7 Å². The summed E-state index contributed by atoms with van der Waals surface area (Å²) in [6.45, 7) is 0. The fraction of sp³-hybridized carbons (Fsp3) is 0. The number of phenolic OH excluding ortho intramolecular Hbond substituents is 6. The molecular weight excluding hydrogens is 479 g/mol. The van der Waals surface area contributed by atoms with E-state index in [2.05, 4.69) is 0 Å². The second kappa shape index (κ2) is 7.80. The van der Waals surface area contributed by atoms with Crippen molar-refractivity contribution in [2.24, 2.45) is 0 Å². The maximum absolute atomic E-state index is 10.8. The molecule has 0 amide bonds. The second-order valence-corrected chi connectivity index (χ2v) is 8.50. The van der Waals surface area contributed by atoms with Crippen LogP contribution < -0.4 is 0 Å². The smallest absolute Gasteiger partial charge is 0.149 e. The third-order valence-electron chi connectivity index (χ3n) is 5.83.